The first-order valence-corrected chi connectivity index (χ1v) is 15.1. The number of carbonyl (C=O) groups excluding carboxylic acids is 2. The van der Waals surface area contributed by atoms with Crippen LogP contribution in [-0.2, 0) is 39.1 Å². The van der Waals surface area contributed by atoms with E-state index in [9.17, 15) is 33.0 Å². The van der Waals surface area contributed by atoms with Crippen LogP contribution < -0.4 is 5.32 Å². The van der Waals surface area contributed by atoms with Crippen LogP contribution in [0.15, 0.2) is 77.8 Å². The van der Waals surface area contributed by atoms with Crippen molar-refractivity contribution in [2.75, 3.05) is 6.26 Å². The number of hydrogen-bond donors (Lipinski definition) is 3. The summed E-state index contributed by atoms with van der Waals surface area (Å²) >= 11 is 6.57. The lowest BCUT2D eigenvalue weighted by atomic mass is 10.0. The Morgan fingerprint density at radius 2 is 1.86 bits per heavy atom. The van der Waals surface area contributed by atoms with E-state index in [1.807, 2.05) is 0 Å². The monoisotopic (exact) mass is 607 g/mol. The molecule has 216 valence electrons. The minimum absolute atomic E-state index is 0.0489. The van der Waals surface area contributed by atoms with Gasteiger partial charge in [-0.15, -0.1) is 0 Å². The molecular weight excluding hydrogens is 582 g/mol. The molecule has 0 saturated heterocycles. The first-order chi connectivity index (χ1) is 19.9. The summed E-state index contributed by atoms with van der Waals surface area (Å²) in [7, 11) is -3.50. The van der Waals surface area contributed by atoms with Gasteiger partial charge in [0, 0.05) is 42.4 Å². The molecular formula is C30H26ClN3O7S. The number of nitrogens with zero attached hydrogens (tertiary/aromatic N) is 2. The van der Waals surface area contributed by atoms with Gasteiger partial charge in [-0.3, -0.25) is 9.59 Å². The van der Waals surface area contributed by atoms with Crippen molar-refractivity contribution in [2.24, 2.45) is 0 Å². The number of carboxylic acids is 1. The van der Waals surface area contributed by atoms with Crippen LogP contribution in [0, 0.1) is 0 Å². The van der Waals surface area contributed by atoms with E-state index in [0.717, 1.165) is 6.26 Å². The van der Waals surface area contributed by atoms with Crippen LogP contribution in [0.25, 0.3) is 17.0 Å². The van der Waals surface area contributed by atoms with Gasteiger partial charge in [0.1, 0.15) is 11.8 Å². The van der Waals surface area contributed by atoms with Crippen molar-refractivity contribution in [1.29, 1.82) is 0 Å². The zero-order valence-corrected chi connectivity index (χ0v) is 23.9. The molecule has 12 heteroatoms. The largest absolute Gasteiger partial charge is 0.507 e. The summed E-state index contributed by atoms with van der Waals surface area (Å²) in [6.07, 6.45) is 5.55. The van der Waals surface area contributed by atoms with E-state index in [-0.39, 0.29) is 46.8 Å². The fraction of sp³-hybridized carbons (Fsp3) is 0.167. The third-order valence-corrected chi connectivity index (χ3v) is 8.42. The number of phenols is 1. The number of benzene rings is 3. The van der Waals surface area contributed by atoms with Gasteiger partial charge in [0.15, 0.2) is 9.84 Å². The van der Waals surface area contributed by atoms with Gasteiger partial charge in [-0.1, -0.05) is 41.9 Å². The molecule has 3 aromatic carbocycles. The Kier molecular flexibility index (Phi) is 7.81. The number of halogens is 1. The molecule has 0 saturated carbocycles. The minimum Gasteiger partial charge on any atom is -0.507 e. The highest BCUT2D eigenvalue weighted by atomic mass is 35.5. The summed E-state index contributed by atoms with van der Waals surface area (Å²) in [4.78, 5) is 40.0. The number of carboxylic acid groups (broad SMARTS) is 1. The first-order valence-electron chi connectivity index (χ1n) is 12.8. The quantitative estimate of drug-likeness (QED) is 0.258. The molecule has 5 rings (SSSR count). The number of nitrogens with one attached hydrogen (secondary N) is 1. The first kappa shape index (κ1) is 28.9. The standard InChI is InChI=1S/C30H26ClN3O7S/c1-42(40,41)21-7-4-5-18(13-21)14-24(30(38)39)32-29(37)27-22-11-12-33-17-34(16-20(28(22)33)15-23(27)31)26(36)10-9-19-6-2-3-8-25(19)35/h2-13,15,24,35H,14,16-17H2,1H3,(H,32,37)(H,38,39). The van der Waals surface area contributed by atoms with Crippen LogP contribution >= 0.6 is 11.6 Å². The molecule has 2 amide bonds. The van der Waals surface area contributed by atoms with Gasteiger partial charge < -0.3 is 25.0 Å². The van der Waals surface area contributed by atoms with Crippen LogP contribution in [0.5, 0.6) is 5.75 Å². The number of phenolic OH excluding ortho intramolecular Hbond substituents is 1. The van der Waals surface area contributed by atoms with Crippen LogP contribution in [0.2, 0.25) is 5.02 Å². The lowest BCUT2D eigenvalue weighted by Crippen LogP contribution is -2.42. The molecule has 0 bridgehead atoms. The second kappa shape index (κ2) is 11.3. The smallest absolute Gasteiger partial charge is 0.326 e. The summed E-state index contributed by atoms with van der Waals surface area (Å²) in [5.74, 6) is -2.21. The summed E-state index contributed by atoms with van der Waals surface area (Å²) in [5, 5.41) is 22.9. The molecule has 1 aromatic heterocycles. The fourth-order valence-corrected chi connectivity index (χ4v) is 5.99. The summed E-state index contributed by atoms with van der Waals surface area (Å²) in [6.45, 7) is 0.429. The number of aromatic nitrogens is 1. The maximum atomic E-state index is 13.4. The summed E-state index contributed by atoms with van der Waals surface area (Å²) < 4.78 is 25.6. The van der Waals surface area contributed by atoms with Crippen molar-refractivity contribution in [3.63, 3.8) is 0 Å². The van der Waals surface area contributed by atoms with Crippen LogP contribution in [-0.4, -0.2) is 58.2 Å². The van der Waals surface area contributed by atoms with E-state index < -0.39 is 27.8 Å². The van der Waals surface area contributed by atoms with Crippen molar-refractivity contribution in [1.82, 2.24) is 14.8 Å². The zero-order valence-electron chi connectivity index (χ0n) is 22.3. The van der Waals surface area contributed by atoms with Gasteiger partial charge in [-0.05, 0) is 47.5 Å². The molecule has 0 spiro atoms. The molecule has 0 aliphatic carbocycles. The van der Waals surface area contributed by atoms with E-state index in [2.05, 4.69) is 5.32 Å². The Labute approximate surface area is 246 Å². The minimum atomic E-state index is -3.50. The van der Waals surface area contributed by atoms with Gasteiger partial charge in [-0.25, -0.2) is 13.2 Å². The van der Waals surface area contributed by atoms with E-state index in [1.165, 1.54) is 36.4 Å². The molecule has 1 unspecified atom stereocenters. The van der Waals surface area contributed by atoms with Crippen molar-refractivity contribution in [3.05, 3.63) is 100 Å². The van der Waals surface area contributed by atoms with Gasteiger partial charge in [0.2, 0.25) is 5.91 Å². The van der Waals surface area contributed by atoms with Gasteiger partial charge in [0.05, 0.1) is 27.7 Å². The number of carbonyl (C=O) groups is 3. The van der Waals surface area contributed by atoms with Gasteiger partial charge >= 0.3 is 5.97 Å². The lowest BCUT2D eigenvalue weighted by Gasteiger charge is -2.29. The zero-order chi connectivity index (χ0) is 30.2. The Hall–Kier alpha value is -4.61. The third kappa shape index (κ3) is 5.88. The molecule has 1 atom stereocenters. The molecule has 10 nitrogen and oxygen atoms in total. The number of hydrogen-bond acceptors (Lipinski definition) is 6. The van der Waals surface area contributed by atoms with E-state index in [0.29, 0.717) is 27.6 Å². The maximum Gasteiger partial charge on any atom is 0.326 e. The number of aromatic hydroxyl groups is 1. The predicted molar refractivity (Wildman–Crippen MR) is 157 cm³/mol. The number of sulfone groups is 1. The average molecular weight is 608 g/mol. The lowest BCUT2D eigenvalue weighted by molar-refractivity contribution is -0.139. The number of aliphatic carboxylic acids is 1. The highest BCUT2D eigenvalue weighted by Gasteiger charge is 2.28. The molecule has 1 aliphatic heterocycles. The highest BCUT2D eigenvalue weighted by molar-refractivity contribution is 7.90. The van der Waals surface area contributed by atoms with Gasteiger partial charge in [0.25, 0.3) is 5.91 Å². The average Bonchev–Trinajstić information content (AvgIpc) is 3.36. The summed E-state index contributed by atoms with van der Waals surface area (Å²) in [6, 6.07) is 14.5. The Bertz CT molecular complexity index is 1880. The van der Waals surface area contributed by atoms with Crippen molar-refractivity contribution < 1.29 is 33.0 Å². The predicted octanol–water partition coefficient (Wildman–Crippen LogP) is 3.84. The SMILES string of the molecule is CS(=O)(=O)c1cccc(CC(NC(=O)c2c(Cl)cc3c4c2ccn4CN(C(=O)C=Cc2ccccc2O)C3)C(=O)O)c1. The maximum absolute atomic E-state index is 13.4. The van der Waals surface area contributed by atoms with Crippen molar-refractivity contribution in [3.8, 4) is 5.75 Å². The van der Waals surface area contributed by atoms with Gasteiger partial charge in [-0.2, -0.15) is 0 Å². The van der Waals surface area contributed by atoms with E-state index in [4.69, 9.17) is 11.6 Å². The summed E-state index contributed by atoms with van der Waals surface area (Å²) in [5.41, 5.74) is 2.45. The van der Waals surface area contributed by atoms with Crippen LogP contribution in [0.1, 0.15) is 27.0 Å². The topological polar surface area (TPSA) is 146 Å². The number of rotatable bonds is 8. The Balaban J connectivity index is 1.37. The van der Waals surface area contributed by atoms with E-state index in [1.54, 1.807) is 52.1 Å². The fourth-order valence-electron chi connectivity index (χ4n) is 4.97. The molecule has 4 aromatic rings. The molecule has 42 heavy (non-hydrogen) atoms. The van der Waals surface area contributed by atoms with Crippen molar-refractivity contribution >= 4 is 56.2 Å². The Morgan fingerprint density at radius 3 is 2.57 bits per heavy atom. The Morgan fingerprint density at radius 1 is 1.10 bits per heavy atom. The number of amides is 2. The molecule has 0 fully saturated rings. The molecule has 0 radical (unpaired) electrons. The number of para-hydroxylation sites is 1. The third-order valence-electron chi connectivity index (χ3n) is 7.01. The highest BCUT2D eigenvalue weighted by Crippen LogP contribution is 2.34. The molecule has 3 N–H and O–H groups in total. The second-order valence-electron chi connectivity index (χ2n) is 10.00. The second-order valence-corrected chi connectivity index (χ2v) is 12.4. The normalized spacial score (nSPS) is 13.8. The molecule has 2 heterocycles. The van der Waals surface area contributed by atoms with E-state index >= 15 is 0 Å². The van der Waals surface area contributed by atoms with Crippen LogP contribution in [0.3, 0.4) is 0 Å². The van der Waals surface area contributed by atoms with Crippen molar-refractivity contribution in [2.45, 2.75) is 30.6 Å². The molecule has 1 aliphatic rings. The van der Waals surface area contributed by atoms with Crippen LogP contribution in [0.4, 0.5) is 0 Å².